The van der Waals surface area contributed by atoms with E-state index in [4.69, 9.17) is 16.6 Å². The van der Waals surface area contributed by atoms with Crippen molar-refractivity contribution < 1.29 is 28.8 Å². The first-order valence-electron chi connectivity index (χ1n) is 10.5. The van der Waals surface area contributed by atoms with Gasteiger partial charge in [-0.1, -0.05) is 35.9 Å². The molecule has 3 saturated heterocycles. The van der Waals surface area contributed by atoms with Gasteiger partial charge >= 0.3 is 18.9 Å². The van der Waals surface area contributed by atoms with E-state index in [9.17, 15) is 9.90 Å². The largest absolute Gasteiger partial charge is 1.00 e. The molecule has 0 unspecified atom stereocenters. The van der Waals surface area contributed by atoms with Crippen molar-refractivity contribution in [2.45, 2.75) is 25.4 Å². The van der Waals surface area contributed by atoms with E-state index in [0.29, 0.717) is 34.5 Å². The summed E-state index contributed by atoms with van der Waals surface area (Å²) in [5.41, 5.74) is 2.17. The predicted molar refractivity (Wildman–Crippen MR) is 115 cm³/mol. The fraction of sp³-hybridized carbons (Fsp3) is 0.391. The number of benzene rings is 2. The maximum Gasteiger partial charge on any atom is 1.00 e. The Morgan fingerprint density at radius 2 is 1.94 bits per heavy atom. The summed E-state index contributed by atoms with van der Waals surface area (Å²) in [6.07, 6.45) is 2.51. The fourth-order valence-corrected chi connectivity index (χ4v) is 5.19. The van der Waals surface area contributed by atoms with Crippen LogP contribution in [-0.4, -0.2) is 52.6 Å². The number of nitrogens with one attached hydrogen (secondary N) is 1. The molecular formula is C23H24ClLiN4O2. The second-order valence-electron chi connectivity index (χ2n) is 8.23. The van der Waals surface area contributed by atoms with Crippen LogP contribution in [0.2, 0.25) is 5.02 Å². The molecule has 6 nitrogen and oxygen atoms in total. The van der Waals surface area contributed by atoms with Gasteiger partial charge in [-0.2, -0.15) is 0 Å². The molecule has 1 atom stereocenters. The van der Waals surface area contributed by atoms with E-state index in [1.165, 1.54) is 25.9 Å². The van der Waals surface area contributed by atoms with Crippen LogP contribution in [0.4, 0.5) is 0 Å². The van der Waals surface area contributed by atoms with Crippen LogP contribution in [0.15, 0.2) is 42.5 Å². The third kappa shape index (κ3) is 4.28. The summed E-state index contributed by atoms with van der Waals surface area (Å²) in [4.78, 5) is 19.1. The van der Waals surface area contributed by atoms with E-state index in [1.54, 1.807) is 12.1 Å². The second kappa shape index (κ2) is 9.36. The van der Waals surface area contributed by atoms with Gasteiger partial charge in [0, 0.05) is 36.8 Å². The molecule has 156 valence electrons. The number of fused-ring (bicyclic) bond motifs is 4. The Bertz CT molecular complexity index is 1090. The van der Waals surface area contributed by atoms with Crippen LogP contribution < -0.4 is 29.3 Å². The van der Waals surface area contributed by atoms with Crippen molar-refractivity contribution in [2.24, 2.45) is 5.92 Å². The van der Waals surface area contributed by atoms with Gasteiger partial charge in [-0.15, -0.1) is 0 Å². The quantitative estimate of drug-likeness (QED) is 0.529. The third-order valence-electron chi connectivity index (χ3n) is 6.50. The van der Waals surface area contributed by atoms with Crippen LogP contribution in [0.5, 0.6) is 0 Å². The number of carbonyl (C=O) groups is 1. The maximum absolute atomic E-state index is 11.8. The molecule has 2 aromatic carbocycles. The number of para-hydroxylation sites is 1. The van der Waals surface area contributed by atoms with Crippen molar-refractivity contribution >= 4 is 28.6 Å². The van der Waals surface area contributed by atoms with E-state index in [1.807, 2.05) is 34.9 Å². The Labute approximate surface area is 198 Å². The van der Waals surface area contributed by atoms with Gasteiger partial charge in [-0.3, -0.25) is 0 Å². The van der Waals surface area contributed by atoms with Crippen LogP contribution in [0.25, 0.3) is 22.4 Å². The monoisotopic (exact) mass is 430 g/mol. The molecule has 1 aromatic heterocycles. The minimum Gasteiger partial charge on any atom is -0.545 e. The Hall–Kier alpha value is -1.81. The second-order valence-corrected chi connectivity index (χ2v) is 8.63. The van der Waals surface area contributed by atoms with E-state index < -0.39 is 5.97 Å². The average molecular weight is 431 g/mol. The van der Waals surface area contributed by atoms with Gasteiger partial charge in [0.05, 0.1) is 22.0 Å². The maximum atomic E-state index is 11.8. The topological polar surface area (TPSA) is 73.2 Å². The summed E-state index contributed by atoms with van der Waals surface area (Å²) < 4.78 is 1.97. The zero-order valence-corrected chi connectivity index (χ0v) is 18.4. The van der Waals surface area contributed by atoms with Crippen molar-refractivity contribution in [2.75, 3.05) is 26.2 Å². The molecule has 3 aromatic rings. The zero-order valence-electron chi connectivity index (χ0n) is 17.7. The summed E-state index contributed by atoms with van der Waals surface area (Å²) in [5.74, 6) is 0.217. The molecule has 2 bridgehead atoms. The number of piperidine rings is 3. The van der Waals surface area contributed by atoms with Gasteiger partial charge in [-0.05, 0) is 50.0 Å². The number of aromatic carboxylic acids is 1. The van der Waals surface area contributed by atoms with Crippen molar-refractivity contribution in [1.29, 1.82) is 0 Å². The normalized spacial score (nSPS) is 22.4. The number of hydrogen-bond donors (Lipinski definition) is 1. The number of aromatic nitrogens is 2. The molecule has 0 amide bonds. The van der Waals surface area contributed by atoms with E-state index in [-0.39, 0.29) is 24.4 Å². The van der Waals surface area contributed by atoms with Crippen LogP contribution in [-0.2, 0) is 6.54 Å². The van der Waals surface area contributed by atoms with Crippen LogP contribution in [0, 0.1) is 5.92 Å². The summed E-state index contributed by atoms with van der Waals surface area (Å²) in [6, 6.07) is 13.1. The molecule has 0 spiro atoms. The first-order chi connectivity index (χ1) is 14.6. The summed E-state index contributed by atoms with van der Waals surface area (Å²) in [7, 11) is 0. The Kier molecular flexibility index (Phi) is 6.76. The molecular weight excluding hydrogens is 407 g/mol. The summed E-state index contributed by atoms with van der Waals surface area (Å²) >= 11 is 6.46. The number of carbonyl (C=O) groups excluding carboxylic acids is 1. The average Bonchev–Trinajstić information content (AvgIpc) is 3.13. The van der Waals surface area contributed by atoms with Crippen molar-refractivity contribution in [3.05, 3.63) is 53.1 Å². The third-order valence-corrected chi connectivity index (χ3v) is 6.83. The van der Waals surface area contributed by atoms with Gasteiger partial charge < -0.3 is 24.7 Å². The minimum absolute atomic E-state index is 0. The molecule has 8 heteroatoms. The Morgan fingerprint density at radius 3 is 2.61 bits per heavy atom. The molecule has 0 radical (unpaired) electrons. The molecule has 0 aliphatic carbocycles. The minimum atomic E-state index is -1.20. The molecule has 0 saturated carbocycles. The van der Waals surface area contributed by atoms with Gasteiger partial charge in [0.1, 0.15) is 5.82 Å². The van der Waals surface area contributed by atoms with E-state index in [2.05, 4.69) is 10.2 Å². The number of imidazole rings is 1. The van der Waals surface area contributed by atoms with Crippen molar-refractivity contribution in [1.82, 2.24) is 19.8 Å². The molecule has 3 aliphatic heterocycles. The number of nitrogens with zero attached hydrogens (tertiary/aromatic N) is 3. The van der Waals surface area contributed by atoms with Crippen LogP contribution >= 0.6 is 11.6 Å². The van der Waals surface area contributed by atoms with Crippen molar-refractivity contribution in [3.8, 4) is 11.4 Å². The summed E-state index contributed by atoms with van der Waals surface area (Å²) in [6.45, 7) is 4.85. The number of carboxylic acids is 1. The Morgan fingerprint density at radius 1 is 1.16 bits per heavy atom. The van der Waals surface area contributed by atoms with E-state index >= 15 is 0 Å². The first kappa shape index (κ1) is 22.4. The number of carboxylic acid groups (broad SMARTS) is 1. The summed E-state index contributed by atoms with van der Waals surface area (Å²) in [5, 5.41) is 16.1. The molecule has 3 aliphatic rings. The SMILES string of the molecule is O=C([O-])c1cccc2nc(-c3ccccc3Cl)n(CCN[C@@H]3CN4CCC3CC4)c12.[Li+]. The first-order valence-corrected chi connectivity index (χ1v) is 10.9. The van der Waals surface area contributed by atoms with Crippen LogP contribution in [0.1, 0.15) is 23.2 Å². The van der Waals surface area contributed by atoms with Crippen molar-refractivity contribution in [3.63, 3.8) is 0 Å². The molecule has 4 heterocycles. The number of hydrogen-bond acceptors (Lipinski definition) is 5. The Balaban J connectivity index is 0.00000231. The van der Waals surface area contributed by atoms with Gasteiger partial charge in [0.25, 0.3) is 0 Å². The fourth-order valence-electron chi connectivity index (χ4n) is 4.97. The van der Waals surface area contributed by atoms with Crippen LogP contribution in [0.3, 0.4) is 0 Å². The van der Waals surface area contributed by atoms with E-state index in [0.717, 1.165) is 24.6 Å². The molecule has 31 heavy (non-hydrogen) atoms. The zero-order chi connectivity index (χ0) is 20.7. The smallest absolute Gasteiger partial charge is 0.545 e. The predicted octanol–water partition coefficient (Wildman–Crippen LogP) is -0.592. The number of rotatable bonds is 6. The number of halogens is 1. The van der Waals surface area contributed by atoms with Gasteiger partial charge in [0.2, 0.25) is 0 Å². The molecule has 6 rings (SSSR count). The van der Waals surface area contributed by atoms with Gasteiger partial charge in [-0.25, -0.2) is 4.98 Å². The standard InChI is InChI=1S/C23H25ClN4O2.Li/c24-18-6-2-1-4-16(18)22-26-19-7-3-5-17(23(29)30)21(19)28(22)13-10-25-20-14-27-11-8-15(20)9-12-27;/h1-7,15,20,25H,8-14H2,(H,29,30);/q;+1/p-1/t20-;/m1./s1. The molecule has 3 fully saturated rings. The van der Waals surface area contributed by atoms with Gasteiger partial charge in [0.15, 0.2) is 0 Å². The molecule has 1 N–H and O–H groups in total.